The topological polar surface area (TPSA) is 78.4 Å². The van der Waals surface area contributed by atoms with Crippen molar-refractivity contribution in [1.82, 2.24) is 5.32 Å². The van der Waals surface area contributed by atoms with E-state index in [-0.39, 0.29) is 0 Å². The third-order valence-electron chi connectivity index (χ3n) is 2.57. The van der Waals surface area contributed by atoms with E-state index in [4.69, 9.17) is 16.7 Å². The zero-order chi connectivity index (χ0) is 15.5. The molecule has 0 fully saturated rings. The van der Waals surface area contributed by atoms with Crippen molar-refractivity contribution in [3.8, 4) is 0 Å². The predicted molar refractivity (Wildman–Crippen MR) is 82.2 cm³/mol. The number of carboxylic acids is 1. The minimum absolute atomic E-state index is 0.505. The average molecular weight is 364 g/mol. The Balaban J connectivity index is 2.79. The molecule has 0 saturated carbocycles. The van der Waals surface area contributed by atoms with Crippen molar-refractivity contribution in [3.05, 3.63) is 27.7 Å². The molecule has 110 valence electrons. The maximum Gasteiger partial charge on any atom is 0.326 e. The van der Waals surface area contributed by atoms with Crippen molar-refractivity contribution in [3.63, 3.8) is 0 Å². The van der Waals surface area contributed by atoms with Crippen molar-refractivity contribution in [2.75, 3.05) is 5.32 Å². The van der Waals surface area contributed by atoms with Gasteiger partial charge in [0, 0.05) is 9.50 Å². The molecule has 2 amide bonds. The maximum atomic E-state index is 11.9. The lowest BCUT2D eigenvalue weighted by molar-refractivity contribution is -0.141. The van der Waals surface area contributed by atoms with Gasteiger partial charge in [0.15, 0.2) is 0 Å². The number of carboxylic acid groups (broad SMARTS) is 1. The highest BCUT2D eigenvalue weighted by molar-refractivity contribution is 9.10. The van der Waals surface area contributed by atoms with E-state index in [1.54, 1.807) is 39.0 Å². The third-order valence-corrected chi connectivity index (χ3v) is 3.46. The second-order valence-electron chi connectivity index (χ2n) is 5.36. The van der Waals surface area contributed by atoms with E-state index >= 15 is 0 Å². The van der Waals surface area contributed by atoms with Crippen LogP contribution in [-0.4, -0.2) is 23.1 Å². The van der Waals surface area contributed by atoms with Crippen LogP contribution in [0.3, 0.4) is 0 Å². The molecule has 0 unspecified atom stereocenters. The number of anilines is 1. The van der Waals surface area contributed by atoms with Gasteiger partial charge >= 0.3 is 12.0 Å². The maximum absolute atomic E-state index is 11.9. The van der Waals surface area contributed by atoms with E-state index in [0.717, 1.165) is 0 Å². The van der Waals surface area contributed by atoms with E-state index in [9.17, 15) is 9.59 Å². The molecule has 0 aliphatic rings. The number of urea groups is 1. The molecular formula is C13H16BrClN2O3. The highest BCUT2D eigenvalue weighted by atomic mass is 79.9. The van der Waals surface area contributed by atoms with Gasteiger partial charge in [-0.05, 0) is 39.5 Å². The molecule has 0 radical (unpaired) electrons. The summed E-state index contributed by atoms with van der Waals surface area (Å²) in [5.41, 5.74) is -0.0922. The number of benzene rings is 1. The highest BCUT2D eigenvalue weighted by Crippen LogP contribution is 2.26. The standard InChI is InChI=1S/C13H16BrClN2O3/c1-13(2,3)10(11(18)19)17-12(20)16-9-5-4-7(15)6-8(9)14/h4-6,10H,1-3H3,(H,18,19)(H2,16,17,20)/t10-/m1/s1. The van der Waals surface area contributed by atoms with E-state index in [1.165, 1.54) is 0 Å². The number of hydrogen-bond donors (Lipinski definition) is 3. The lowest BCUT2D eigenvalue weighted by Gasteiger charge is -2.27. The SMILES string of the molecule is CC(C)(C)[C@H](NC(=O)Nc1ccc(Cl)cc1Br)C(=O)O. The van der Waals surface area contributed by atoms with Gasteiger partial charge in [0.05, 0.1) is 5.69 Å². The number of halogens is 2. The number of amides is 2. The largest absolute Gasteiger partial charge is 0.480 e. The molecule has 0 aliphatic heterocycles. The second kappa shape index (κ2) is 6.45. The molecule has 5 nitrogen and oxygen atoms in total. The summed E-state index contributed by atoms with van der Waals surface area (Å²) in [7, 11) is 0. The Kier molecular flexibility index (Phi) is 5.42. The molecule has 3 N–H and O–H groups in total. The minimum Gasteiger partial charge on any atom is -0.480 e. The van der Waals surface area contributed by atoms with Gasteiger partial charge in [-0.1, -0.05) is 32.4 Å². The first kappa shape index (κ1) is 16.8. The van der Waals surface area contributed by atoms with E-state index in [2.05, 4.69) is 26.6 Å². The van der Waals surface area contributed by atoms with Crippen LogP contribution in [0.15, 0.2) is 22.7 Å². The van der Waals surface area contributed by atoms with Gasteiger partial charge in [-0.15, -0.1) is 0 Å². The Morgan fingerprint density at radius 2 is 1.95 bits per heavy atom. The first-order chi connectivity index (χ1) is 9.11. The van der Waals surface area contributed by atoms with Crippen LogP contribution in [0.25, 0.3) is 0 Å². The van der Waals surface area contributed by atoms with Crippen LogP contribution >= 0.6 is 27.5 Å². The second-order valence-corrected chi connectivity index (χ2v) is 6.65. The first-order valence-corrected chi connectivity index (χ1v) is 7.03. The van der Waals surface area contributed by atoms with Gasteiger partial charge in [-0.2, -0.15) is 0 Å². The average Bonchev–Trinajstić information content (AvgIpc) is 2.28. The smallest absolute Gasteiger partial charge is 0.326 e. The highest BCUT2D eigenvalue weighted by Gasteiger charge is 2.32. The summed E-state index contributed by atoms with van der Waals surface area (Å²) < 4.78 is 0.614. The van der Waals surface area contributed by atoms with E-state index in [0.29, 0.717) is 15.2 Å². The summed E-state index contributed by atoms with van der Waals surface area (Å²) >= 11 is 9.07. The quantitative estimate of drug-likeness (QED) is 0.766. The van der Waals surface area contributed by atoms with Gasteiger partial charge in [0.2, 0.25) is 0 Å². The van der Waals surface area contributed by atoms with Crippen LogP contribution in [0.4, 0.5) is 10.5 Å². The molecule has 7 heteroatoms. The molecule has 1 rings (SSSR count). The van der Waals surface area contributed by atoms with E-state index < -0.39 is 23.5 Å². The van der Waals surface area contributed by atoms with Crippen molar-refractivity contribution >= 4 is 45.2 Å². The zero-order valence-corrected chi connectivity index (χ0v) is 13.7. The number of aliphatic carboxylic acids is 1. The number of nitrogens with one attached hydrogen (secondary N) is 2. The Morgan fingerprint density at radius 1 is 1.35 bits per heavy atom. The Hall–Kier alpha value is -1.27. The molecule has 20 heavy (non-hydrogen) atoms. The van der Waals surface area contributed by atoms with Crippen LogP contribution in [0, 0.1) is 5.41 Å². The summed E-state index contributed by atoms with van der Waals surface area (Å²) in [5.74, 6) is -1.08. The Labute approximate surface area is 130 Å². The van der Waals surface area contributed by atoms with Gasteiger partial charge in [-0.3, -0.25) is 0 Å². The summed E-state index contributed by atoms with van der Waals surface area (Å²) in [6, 6.07) is 3.30. The molecule has 1 atom stereocenters. The van der Waals surface area contributed by atoms with Crippen LogP contribution in [-0.2, 0) is 4.79 Å². The van der Waals surface area contributed by atoms with Crippen molar-refractivity contribution in [1.29, 1.82) is 0 Å². The number of hydrogen-bond acceptors (Lipinski definition) is 2. The predicted octanol–water partition coefficient (Wildman–Crippen LogP) is 3.72. The molecule has 0 spiro atoms. The number of rotatable bonds is 3. The van der Waals surface area contributed by atoms with Crippen LogP contribution < -0.4 is 10.6 Å². The van der Waals surface area contributed by atoms with Gasteiger partial charge in [0.25, 0.3) is 0 Å². The van der Waals surface area contributed by atoms with Gasteiger partial charge in [0.1, 0.15) is 6.04 Å². The lowest BCUT2D eigenvalue weighted by Crippen LogP contribution is -2.50. The van der Waals surface area contributed by atoms with Gasteiger partial charge in [-0.25, -0.2) is 9.59 Å². The molecule has 1 aromatic rings. The first-order valence-electron chi connectivity index (χ1n) is 5.86. The van der Waals surface area contributed by atoms with Crippen LogP contribution in [0.2, 0.25) is 5.02 Å². The van der Waals surface area contributed by atoms with Crippen molar-refractivity contribution < 1.29 is 14.7 Å². The summed E-state index contributed by atoms with van der Waals surface area (Å²) in [6.45, 7) is 5.22. The Bertz CT molecular complexity index is 529. The normalized spacial score (nSPS) is 12.7. The number of carbonyl (C=O) groups is 2. The van der Waals surface area contributed by atoms with Crippen LogP contribution in [0.1, 0.15) is 20.8 Å². The molecular weight excluding hydrogens is 348 g/mol. The number of carbonyl (C=O) groups excluding carboxylic acids is 1. The van der Waals surface area contributed by atoms with Gasteiger partial charge < -0.3 is 15.7 Å². The molecule has 0 aromatic heterocycles. The summed E-state index contributed by atoms with van der Waals surface area (Å²) in [5, 5.41) is 14.7. The Morgan fingerprint density at radius 3 is 2.40 bits per heavy atom. The molecule has 0 saturated heterocycles. The fourth-order valence-electron chi connectivity index (χ4n) is 1.53. The molecule has 0 bridgehead atoms. The van der Waals surface area contributed by atoms with E-state index in [1.807, 2.05) is 0 Å². The fourth-order valence-corrected chi connectivity index (χ4v) is 2.31. The monoisotopic (exact) mass is 362 g/mol. The van der Waals surface area contributed by atoms with Crippen molar-refractivity contribution in [2.24, 2.45) is 5.41 Å². The fraction of sp³-hybridized carbons (Fsp3) is 0.385. The minimum atomic E-state index is -1.08. The van der Waals surface area contributed by atoms with Crippen LogP contribution in [0.5, 0.6) is 0 Å². The van der Waals surface area contributed by atoms with Crippen molar-refractivity contribution in [2.45, 2.75) is 26.8 Å². The lowest BCUT2D eigenvalue weighted by atomic mass is 9.87. The third kappa shape index (κ3) is 4.68. The summed E-state index contributed by atoms with van der Waals surface area (Å²) in [6.07, 6.45) is 0. The molecule has 1 aromatic carbocycles. The zero-order valence-electron chi connectivity index (χ0n) is 11.3. The summed E-state index contributed by atoms with van der Waals surface area (Å²) in [4.78, 5) is 23.0. The molecule has 0 heterocycles. The molecule has 0 aliphatic carbocycles.